The molecule has 0 spiro atoms. The van der Waals surface area contributed by atoms with Crippen LogP contribution in [0.15, 0.2) is 9.70 Å². The van der Waals surface area contributed by atoms with Gasteiger partial charge in [0.2, 0.25) is 0 Å². The normalized spacial score (nSPS) is 20.8. The first-order valence-corrected chi connectivity index (χ1v) is 7.25. The van der Waals surface area contributed by atoms with E-state index in [-0.39, 0.29) is 20.9 Å². The van der Waals surface area contributed by atoms with Crippen LogP contribution in [0.3, 0.4) is 0 Å². The van der Waals surface area contributed by atoms with Gasteiger partial charge < -0.3 is 0 Å². The number of hydrogen-bond donors (Lipinski definition) is 0. The maximum atomic E-state index is 2.52. The summed E-state index contributed by atoms with van der Waals surface area (Å²) < 4.78 is 3.34. The summed E-state index contributed by atoms with van der Waals surface area (Å²) in [6, 6.07) is 0. The third-order valence-electron chi connectivity index (χ3n) is 1.92. The molecule has 0 aromatic carbocycles. The van der Waals surface area contributed by atoms with E-state index in [0.717, 1.165) is 0 Å². The summed E-state index contributed by atoms with van der Waals surface area (Å²) in [5.74, 6) is 0. The van der Waals surface area contributed by atoms with Gasteiger partial charge in [-0.05, 0) is 0 Å². The van der Waals surface area contributed by atoms with Crippen molar-refractivity contribution in [3.05, 3.63) is 9.70 Å². The fourth-order valence-corrected chi connectivity index (χ4v) is 4.77. The second kappa shape index (κ2) is 3.96. The molecule has 1 heterocycles. The fraction of sp³-hybridized carbons (Fsp3) is 0.800. The van der Waals surface area contributed by atoms with Gasteiger partial charge in [-0.1, -0.05) is 0 Å². The van der Waals surface area contributed by atoms with Crippen molar-refractivity contribution < 1.29 is 0 Å². The molecule has 0 saturated carbocycles. The van der Waals surface area contributed by atoms with Crippen molar-refractivity contribution in [2.24, 2.45) is 5.41 Å². The third kappa shape index (κ3) is 3.18. The quantitative estimate of drug-likeness (QED) is 0.590. The first-order chi connectivity index (χ1) is 5.11. The Kier molecular flexibility index (Phi) is 3.47. The van der Waals surface area contributed by atoms with Crippen molar-refractivity contribution in [2.75, 3.05) is 0 Å². The third-order valence-corrected chi connectivity index (χ3v) is 6.44. The molecule has 1 aliphatic rings. The Labute approximate surface area is 80.5 Å². The van der Waals surface area contributed by atoms with Gasteiger partial charge in [0.25, 0.3) is 0 Å². The van der Waals surface area contributed by atoms with Gasteiger partial charge in [-0.3, -0.25) is 0 Å². The first kappa shape index (κ1) is 9.62. The molecule has 0 bridgehead atoms. The molecule has 11 heavy (non-hydrogen) atoms. The van der Waals surface area contributed by atoms with Crippen molar-refractivity contribution >= 4 is 20.9 Å². The molecule has 0 aliphatic carbocycles. The van der Waals surface area contributed by atoms with Crippen LogP contribution in [0.5, 0.6) is 0 Å². The first-order valence-electron chi connectivity index (χ1n) is 4.44. The predicted molar refractivity (Wildman–Crippen MR) is 52.0 cm³/mol. The topological polar surface area (TPSA) is 0 Å². The Balaban J connectivity index is 2.61. The van der Waals surface area contributed by atoms with Crippen molar-refractivity contribution in [3.8, 4) is 0 Å². The van der Waals surface area contributed by atoms with E-state index in [2.05, 4.69) is 26.8 Å². The van der Waals surface area contributed by atoms with Crippen LogP contribution < -0.4 is 0 Å². The van der Waals surface area contributed by atoms with E-state index >= 15 is 0 Å². The van der Waals surface area contributed by atoms with E-state index in [1.54, 1.807) is 3.62 Å². The van der Waals surface area contributed by atoms with E-state index in [1.807, 2.05) is 0 Å². The van der Waals surface area contributed by atoms with Gasteiger partial charge in [-0.2, -0.15) is 0 Å². The molecule has 64 valence electrons. The number of hydrogen-bond acceptors (Lipinski definition) is 0. The van der Waals surface area contributed by atoms with Crippen molar-refractivity contribution in [2.45, 2.75) is 44.5 Å². The molecule has 0 N–H and O–H groups in total. The summed E-state index contributed by atoms with van der Waals surface area (Å²) in [4.78, 5) is 0. The summed E-state index contributed by atoms with van der Waals surface area (Å²) in [6.45, 7) is 7.07. The molecule has 0 aromatic heterocycles. The van der Waals surface area contributed by atoms with Gasteiger partial charge in [0.15, 0.2) is 0 Å². The average Bonchev–Trinajstić information content (AvgIpc) is 2.10. The average molecular weight is 266 g/mol. The fourth-order valence-electron chi connectivity index (χ4n) is 1.24. The van der Waals surface area contributed by atoms with E-state index in [9.17, 15) is 0 Å². The molecule has 1 rings (SSSR count). The van der Waals surface area contributed by atoms with E-state index < -0.39 is 0 Å². The standard InChI is InChI=1S/C10H18Te/c1-10(2,3)9-7-5-4-6-8-11-9/h7H,4-6,8H2,1-3H3. The molecule has 0 saturated heterocycles. The summed E-state index contributed by atoms with van der Waals surface area (Å²) in [5.41, 5.74) is 0.479. The SMILES string of the molecule is CC(C)(C)C1=CCCCC[Te]1. The van der Waals surface area contributed by atoms with E-state index in [0.29, 0.717) is 5.41 Å². The van der Waals surface area contributed by atoms with E-state index in [4.69, 9.17) is 0 Å². The Morgan fingerprint density at radius 1 is 1.27 bits per heavy atom. The number of allylic oxidation sites excluding steroid dienone is 2. The van der Waals surface area contributed by atoms with Crippen molar-refractivity contribution in [1.29, 1.82) is 0 Å². The summed E-state index contributed by atoms with van der Waals surface area (Å²) in [6.07, 6.45) is 6.79. The van der Waals surface area contributed by atoms with Crippen molar-refractivity contribution in [3.63, 3.8) is 0 Å². The molecule has 0 fully saturated rings. The van der Waals surface area contributed by atoms with Gasteiger partial charge in [0.05, 0.1) is 0 Å². The zero-order valence-corrected chi connectivity index (χ0v) is 10.1. The van der Waals surface area contributed by atoms with Crippen LogP contribution in [-0.2, 0) is 0 Å². The molecule has 1 aliphatic heterocycles. The molecule has 0 unspecified atom stereocenters. The van der Waals surface area contributed by atoms with Gasteiger partial charge in [0.1, 0.15) is 0 Å². The van der Waals surface area contributed by atoms with E-state index in [1.165, 1.54) is 23.7 Å². The number of rotatable bonds is 0. The molecule has 0 amide bonds. The summed E-state index contributed by atoms with van der Waals surface area (Å²) in [7, 11) is 0. The Hall–Kier alpha value is 0.530. The van der Waals surface area contributed by atoms with Crippen LogP contribution in [0.4, 0.5) is 0 Å². The Morgan fingerprint density at radius 3 is 2.64 bits per heavy atom. The Morgan fingerprint density at radius 2 is 2.00 bits per heavy atom. The van der Waals surface area contributed by atoms with Gasteiger partial charge in [0, 0.05) is 0 Å². The van der Waals surface area contributed by atoms with Crippen LogP contribution in [0.1, 0.15) is 40.0 Å². The summed E-state index contributed by atoms with van der Waals surface area (Å²) in [5, 5.41) is 0. The minimum absolute atomic E-state index is 0.221. The van der Waals surface area contributed by atoms with Crippen LogP contribution in [-0.4, -0.2) is 20.9 Å². The second-order valence-electron chi connectivity index (χ2n) is 4.16. The molecule has 0 nitrogen and oxygen atoms in total. The maximum absolute atomic E-state index is 2.52. The molecule has 0 radical (unpaired) electrons. The van der Waals surface area contributed by atoms with Crippen LogP contribution in [0.25, 0.3) is 0 Å². The molecular weight excluding hydrogens is 248 g/mol. The van der Waals surface area contributed by atoms with Gasteiger partial charge in [-0.15, -0.1) is 0 Å². The summed E-state index contributed by atoms with van der Waals surface area (Å²) >= 11 is 0.221. The zero-order chi connectivity index (χ0) is 8.32. The van der Waals surface area contributed by atoms with Crippen molar-refractivity contribution in [1.82, 2.24) is 0 Å². The molecular formula is C10H18Te. The van der Waals surface area contributed by atoms with Crippen LogP contribution >= 0.6 is 0 Å². The van der Waals surface area contributed by atoms with Gasteiger partial charge >= 0.3 is 80.5 Å². The van der Waals surface area contributed by atoms with Crippen LogP contribution in [0, 0.1) is 5.41 Å². The predicted octanol–water partition coefficient (Wildman–Crippen LogP) is 3.22. The van der Waals surface area contributed by atoms with Gasteiger partial charge in [-0.25, -0.2) is 0 Å². The Bertz CT molecular complexity index is 151. The molecule has 0 aromatic rings. The monoisotopic (exact) mass is 268 g/mol. The molecule has 0 atom stereocenters. The molecule has 1 heteroatoms. The van der Waals surface area contributed by atoms with Crippen LogP contribution in [0.2, 0.25) is 4.47 Å². The minimum atomic E-state index is 0.221. The zero-order valence-electron chi connectivity index (χ0n) is 7.81. The second-order valence-corrected chi connectivity index (χ2v) is 7.41.